The maximum absolute atomic E-state index is 12.1. The van der Waals surface area contributed by atoms with Crippen molar-refractivity contribution in [2.75, 3.05) is 20.1 Å². The predicted octanol–water partition coefficient (Wildman–Crippen LogP) is 1.38. The van der Waals surface area contributed by atoms with Gasteiger partial charge < -0.3 is 10.6 Å². The van der Waals surface area contributed by atoms with Gasteiger partial charge in [-0.1, -0.05) is 6.42 Å². The van der Waals surface area contributed by atoms with Crippen molar-refractivity contribution in [2.24, 2.45) is 17.6 Å². The number of carbonyl (C=O) groups is 1. The summed E-state index contributed by atoms with van der Waals surface area (Å²) in [6.07, 6.45) is -1.96. The van der Waals surface area contributed by atoms with Crippen LogP contribution in [0.2, 0.25) is 0 Å². The molecule has 6 heteroatoms. The average molecular weight is 238 g/mol. The molecule has 1 aliphatic rings. The van der Waals surface area contributed by atoms with E-state index in [1.54, 1.807) is 0 Å². The highest BCUT2D eigenvalue weighted by Crippen LogP contribution is 2.32. The number of halogens is 3. The standard InChI is InChI=1S/C10H17F3N2O/c1-15(6-10(11,12)13)9(16)8-4-2-3-7(8)5-14/h7-8H,2-6,14H2,1H3. The number of alkyl halides is 3. The maximum atomic E-state index is 12.1. The van der Waals surface area contributed by atoms with E-state index in [0.717, 1.165) is 17.7 Å². The van der Waals surface area contributed by atoms with Gasteiger partial charge in [-0.3, -0.25) is 4.79 Å². The van der Waals surface area contributed by atoms with Crippen molar-refractivity contribution >= 4 is 5.91 Å². The van der Waals surface area contributed by atoms with Gasteiger partial charge in [-0.2, -0.15) is 13.2 Å². The SMILES string of the molecule is CN(CC(F)(F)F)C(=O)C1CCCC1CN. The van der Waals surface area contributed by atoms with Crippen molar-refractivity contribution in [3.05, 3.63) is 0 Å². The molecule has 2 unspecified atom stereocenters. The highest BCUT2D eigenvalue weighted by molar-refractivity contribution is 5.79. The fraction of sp³-hybridized carbons (Fsp3) is 0.900. The maximum Gasteiger partial charge on any atom is 0.406 e. The van der Waals surface area contributed by atoms with Crippen LogP contribution in [-0.2, 0) is 4.79 Å². The van der Waals surface area contributed by atoms with E-state index in [2.05, 4.69) is 0 Å². The summed E-state index contributed by atoms with van der Waals surface area (Å²) in [5.41, 5.74) is 5.50. The van der Waals surface area contributed by atoms with E-state index in [-0.39, 0.29) is 11.8 Å². The molecule has 0 radical (unpaired) electrons. The number of carbonyl (C=O) groups excluding carboxylic acids is 1. The van der Waals surface area contributed by atoms with Crippen molar-refractivity contribution in [1.29, 1.82) is 0 Å². The molecule has 94 valence electrons. The van der Waals surface area contributed by atoms with Gasteiger partial charge in [-0.15, -0.1) is 0 Å². The van der Waals surface area contributed by atoms with Crippen LogP contribution >= 0.6 is 0 Å². The van der Waals surface area contributed by atoms with Crippen molar-refractivity contribution in [2.45, 2.75) is 25.4 Å². The summed E-state index contributed by atoms with van der Waals surface area (Å²) in [4.78, 5) is 12.5. The molecular formula is C10H17F3N2O. The highest BCUT2D eigenvalue weighted by atomic mass is 19.4. The minimum atomic E-state index is -4.33. The molecule has 2 atom stereocenters. The van der Waals surface area contributed by atoms with Gasteiger partial charge in [-0.05, 0) is 25.3 Å². The summed E-state index contributed by atoms with van der Waals surface area (Å²) in [5, 5.41) is 0. The summed E-state index contributed by atoms with van der Waals surface area (Å²) in [6, 6.07) is 0. The molecule has 1 rings (SSSR count). The summed E-state index contributed by atoms with van der Waals surface area (Å²) in [5.74, 6) is -0.703. The fourth-order valence-corrected chi connectivity index (χ4v) is 2.27. The summed E-state index contributed by atoms with van der Waals surface area (Å²) >= 11 is 0. The predicted molar refractivity (Wildman–Crippen MR) is 53.6 cm³/mol. The van der Waals surface area contributed by atoms with Crippen LogP contribution < -0.4 is 5.73 Å². The molecule has 2 N–H and O–H groups in total. The minimum Gasteiger partial charge on any atom is -0.336 e. The van der Waals surface area contributed by atoms with E-state index in [4.69, 9.17) is 5.73 Å². The van der Waals surface area contributed by atoms with Gasteiger partial charge in [0.25, 0.3) is 0 Å². The second kappa shape index (κ2) is 5.03. The highest BCUT2D eigenvalue weighted by Gasteiger charge is 2.37. The molecule has 1 amide bonds. The van der Waals surface area contributed by atoms with Gasteiger partial charge in [-0.25, -0.2) is 0 Å². The van der Waals surface area contributed by atoms with E-state index >= 15 is 0 Å². The molecule has 0 aromatic rings. The number of nitrogens with two attached hydrogens (primary N) is 1. The van der Waals surface area contributed by atoms with E-state index in [1.165, 1.54) is 7.05 Å². The first-order chi connectivity index (χ1) is 7.35. The number of rotatable bonds is 3. The van der Waals surface area contributed by atoms with Crippen molar-refractivity contribution in [3.63, 3.8) is 0 Å². The molecule has 0 aromatic heterocycles. The quantitative estimate of drug-likeness (QED) is 0.807. The van der Waals surface area contributed by atoms with Crippen LogP contribution in [-0.4, -0.2) is 37.1 Å². The van der Waals surface area contributed by atoms with Crippen molar-refractivity contribution in [1.82, 2.24) is 4.90 Å². The van der Waals surface area contributed by atoms with E-state index in [1.807, 2.05) is 0 Å². The molecule has 0 aromatic carbocycles. The lowest BCUT2D eigenvalue weighted by atomic mass is 9.95. The van der Waals surface area contributed by atoms with Gasteiger partial charge in [0.15, 0.2) is 0 Å². The first-order valence-corrected chi connectivity index (χ1v) is 5.37. The zero-order valence-corrected chi connectivity index (χ0v) is 9.26. The lowest BCUT2D eigenvalue weighted by Crippen LogP contribution is -2.41. The number of hydrogen-bond acceptors (Lipinski definition) is 2. The van der Waals surface area contributed by atoms with Crippen LogP contribution in [0.1, 0.15) is 19.3 Å². The number of nitrogens with zero attached hydrogens (tertiary/aromatic N) is 1. The molecule has 0 spiro atoms. The monoisotopic (exact) mass is 238 g/mol. The normalized spacial score (nSPS) is 25.8. The Balaban J connectivity index is 2.56. The van der Waals surface area contributed by atoms with E-state index in [0.29, 0.717) is 13.0 Å². The Labute approximate surface area is 92.8 Å². The Kier molecular flexibility index (Phi) is 4.18. The molecule has 0 heterocycles. The Hall–Kier alpha value is -0.780. The first kappa shape index (κ1) is 13.3. The van der Waals surface area contributed by atoms with Gasteiger partial charge >= 0.3 is 6.18 Å². The second-order valence-electron chi connectivity index (χ2n) is 4.34. The van der Waals surface area contributed by atoms with E-state index < -0.39 is 18.6 Å². The van der Waals surface area contributed by atoms with E-state index in [9.17, 15) is 18.0 Å². The van der Waals surface area contributed by atoms with Gasteiger partial charge in [0, 0.05) is 13.0 Å². The van der Waals surface area contributed by atoms with Crippen LogP contribution in [0.25, 0.3) is 0 Å². The molecule has 1 fully saturated rings. The second-order valence-corrected chi connectivity index (χ2v) is 4.34. The average Bonchev–Trinajstić information content (AvgIpc) is 2.61. The molecule has 0 saturated heterocycles. The zero-order valence-electron chi connectivity index (χ0n) is 9.26. The number of amides is 1. The van der Waals surface area contributed by atoms with Crippen molar-refractivity contribution in [3.8, 4) is 0 Å². The molecule has 0 aliphatic heterocycles. The summed E-state index contributed by atoms with van der Waals surface area (Å²) in [7, 11) is 1.20. The molecule has 1 aliphatic carbocycles. The van der Waals surface area contributed by atoms with Crippen LogP contribution in [0, 0.1) is 11.8 Å². The third-order valence-corrected chi connectivity index (χ3v) is 3.07. The molecular weight excluding hydrogens is 221 g/mol. The van der Waals surface area contributed by atoms with Gasteiger partial charge in [0.05, 0.1) is 0 Å². The Morgan fingerprint density at radius 1 is 1.44 bits per heavy atom. The minimum absolute atomic E-state index is 0.0446. The molecule has 1 saturated carbocycles. The lowest BCUT2D eigenvalue weighted by Gasteiger charge is -2.25. The topological polar surface area (TPSA) is 46.3 Å². The fourth-order valence-electron chi connectivity index (χ4n) is 2.27. The molecule has 0 bridgehead atoms. The smallest absolute Gasteiger partial charge is 0.336 e. The zero-order chi connectivity index (χ0) is 12.3. The summed E-state index contributed by atoms with van der Waals surface area (Å²) < 4.78 is 36.3. The Morgan fingerprint density at radius 2 is 2.06 bits per heavy atom. The first-order valence-electron chi connectivity index (χ1n) is 5.37. The summed E-state index contributed by atoms with van der Waals surface area (Å²) in [6.45, 7) is -0.810. The van der Waals surface area contributed by atoms with Gasteiger partial charge in [0.2, 0.25) is 5.91 Å². The Morgan fingerprint density at radius 3 is 2.56 bits per heavy atom. The largest absolute Gasteiger partial charge is 0.406 e. The number of hydrogen-bond donors (Lipinski definition) is 1. The van der Waals surface area contributed by atoms with Crippen LogP contribution in [0.5, 0.6) is 0 Å². The van der Waals surface area contributed by atoms with Crippen LogP contribution in [0.4, 0.5) is 13.2 Å². The van der Waals surface area contributed by atoms with Crippen molar-refractivity contribution < 1.29 is 18.0 Å². The third-order valence-electron chi connectivity index (χ3n) is 3.07. The lowest BCUT2D eigenvalue weighted by molar-refractivity contribution is -0.161. The molecule has 3 nitrogen and oxygen atoms in total. The van der Waals surface area contributed by atoms with Crippen LogP contribution in [0.3, 0.4) is 0 Å². The van der Waals surface area contributed by atoms with Crippen LogP contribution in [0.15, 0.2) is 0 Å². The Bertz CT molecular complexity index is 255. The third kappa shape index (κ3) is 3.37. The van der Waals surface area contributed by atoms with Gasteiger partial charge in [0.1, 0.15) is 6.54 Å². The molecule has 16 heavy (non-hydrogen) atoms.